The van der Waals surface area contributed by atoms with Crippen LogP contribution in [0.25, 0.3) is 0 Å². The van der Waals surface area contributed by atoms with Gasteiger partial charge in [0.05, 0.1) is 19.4 Å². The molecule has 0 radical (unpaired) electrons. The van der Waals surface area contributed by atoms with E-state index >= 15 is 0 Å². The second-order valence-electron chi connectivity index (χ2n) is 5.74. The van der Waals surface area contributed by atoms with Gasteiger partial charge in [0, 0.05) is 30.2 Å². The average molecular weight is 486 g/mol. The van der Waals surface area contributed by atoms with Crippen molar-refractivity contribution in [2.24, 2.45) is 10.7 Å². The summed E-state index contributed by atoms with van der Waals surface area (Å²) in [6, 6.07) is 11.1. The quantitative estimate of drug-likeness (QED) is 0.386. The molecule has 1 saturated heterocycles. The van der Waals surface area contributed by atoms with Crippen LogP contribution in [-0.4, -0.2) is 41.4 Å². The molecule has 8 heteroatoms. The molecule has 3 N–H and O–H groups in total. The minimum atomic E-state index is -0.136. The first-order valence-corrected chi connectivity index (χ1v) is 9.40. The van der Waals surface area contributed by atoms with E-state index < -0.39 is 0 Å². The third kappa shape index (κ3) is 5.94. The standard InChI is InChI=1S/C18H22N4O2S.HI/c19-18(22-6-9-25-10-7-22)21-12-14-3-1-4-15(11-14)17(23)20-13-16-5-2-8-24-16;/h1-5,8,11H,6-7,9-10,12-13H2,(H2,19,21)(H,20,23);1H. The molecule has 1 aliphatic heterocycles. The Bertz CT molecular complexity index is 731. The molecule has 1 amide bonds. The molecule has 0 saturated carbocycles. The number of aliphatic imine (C=N–C) groups is 1. The molecule has 1 aromatic heterocycles. The Labute approximate surface area is 174 Å². The molecule has 26 heavy (non-hydrogen) atoms. The Balaban J connectivity index is 0.00000243. The lowest BCUT2D eigenvalue weighted by Crippen LogP contribution is -2.42. The maximum absolute atomic E-state index is 12.3. The van der Waals surface area contributed by atoms with Gasteiger partial charge in [0.2, 0.25) is 0 Å². The average Bonchev–Trinajstić information content (AvgIpc) is 3.19. The summed E-state index contributed by atoms with van der Waals surface area (Å²) < 4.78 is 5.21. The number of hydrogen-bond donors (Lipinski definition) is 2. The molecular formula is C18H23IN4O2S. The molecule has 0 bridgehead atoms. The molecule has 0 unspecified atom stereocenters. The number of halogens is 1. The number of nitrogens with zero attached hydrogens (tertiary/aromatic N) is 2. The van der Waals surface area contributed by atoms with E-state index in [0.717, 1.165) is 35.9 Å². The highest BCUT2D eigenvalue weighted by atomic mass is 127. The maximum atomic E-state index is 12.3. The zero-order chi connectivity index (χ0) is 17.5. The van der Waals surface area contributed by atoms with Crippen LogP contribution in [0.2, 0.25) is 0 Å². The van der Waals surface area contributed by atoms with E-state index in [2.05, 4.69) is 15.2 Å². The van der Waals surface area contributed by atoms with Crippen LogP contribution in [0.4, 0.5) is 0 Å². The molecule has 0 spiro atoms. The number of nitrogens with two attached hydrogens (primary N) is 1. The van der Waals surface area contributed by atoms with E-state index in [0.29, 0.717) is 24.6 Å². The highest BCUT2D eigenvalue weighted by Gasteiger charge is 2.12. The highest BCUT2D eigenvalue weighted by Crippen LogP contribution is 2.10. The van der Waals surface area contributed by atoms with Gasteiger partial charge in [0.15, 0.2) is 5.96 Å². The van der Waals surface area contributed by atoms with E-state index in [4.69, 9.17) is 10.2 Å². The molecule has 0 aliphatic carbocycles. The summed E-state index contributed by atoms with van der Waals surface area (Å²) in [5, 5.41) is 2.84. The van der Waals surface area contributed by atoms with Crippen molar-refractivity contribution in [2.75, 3.05) is 24.6 Å². The van der Waals surface area contributed by atoms with Crippen molar-refractivity contribution >= 4 is 47.6 Å². The molecule has 1 fully saturated rings. The Morgan fingerprint density at radius 2 is 2.08 bits per heavy atom. The van der Waals surface area contributed by atoms with E-state index in [1.54, 1.807) is 18.4 Å². The number of rotatable bonds is 5. The predicted molar refractivity (Wildman–Crippen MR) is 116 cm³/mol. The van der Waals surface area contributed by atoms with E-state index in [1.165, 1.54) is 0 Å². The molecule has 1 aromatic carbocycles. The van der Waals surface area contributed by atoms with Gasteiger partial charge < -0.3 is 20.4 Å². The van der Waals surface area contributed by atoms with Crippen LogP contribution >= 0.6 is 35.7 Å². The molecule has 0 atom stereocenters. The van der Waals surface area contributed by atoms with E-state index in [1.807, 2.05) is 36.0 Å². The largest absolute Gasteiger partial charge is 0.467 e. The third-order valence-corrected chi connectivity index (χ3v) is 4.89. The van der Waals surface area contributed by atoms with E-state index in [9.17, 15) is 4.79 Å². The first-order chi connectivity index (χ1) is 12.2. The summed E-state index contributed by atoms with van der Waals surface area (Å²) in [5.41, 5.74) is 7.64. The van der Waals surface area contributed by atoms with Gasteiger partial charge in [-0.05, 0) is 29.8 Å². The Morgan fingerprint density at radius 1 is 1.27 bits per heavy atom. The van der Waals surface area contributed by atoms with Crippen LogP contribution in [0, 0.1) is 0 Å². The minimum absolute atomic E-state index is 0. The van der Waals surface area contributed by atoms with Crippen LogP contribution in [0.3, 0.4) is 0 Å². The number of carbonyl (C=O) groups excluding carboxylic acids is 1. The number of nitrogens with one attached hydrogen (secondary N) is 1. The molecule has 140 valence electrons. The second kappa shape index (κ2) is 10.5. The number of hydrogen-bond acceptors (Lipinski definition) is 4. The van der Waals surface area contributed by atoms with Crippen LogP contribution < -0.4 is 11.1 Å². The number of benzene rings is 1. The fourth-order valence-corrected chi connectivity index (χ4v) is 3.46. The topological polar surface area (TPSA) is 83.9 Å². The highest BCUT2D eigenvalue weighted by molar-refractivity contribution is 14.0. The fourth-order valence-electron chi connectivity index (χ4n) is 2.56. The Kier molecular flexibility index (Phi) is 8.30. The van der Waals surface area contributed by atoms with Crippen molar-refractivity contribution in [3.63, 3.8) is 0 Å². The molecule has 2 heterocycles. The van der Waals surface area contributed by atoms with Crippen LogP contribution in [0.1, 0.15) is 21.7 Å². The summed E-state index contributed by atoms with van der Waals surface area (Å²) >= 11 is 1.94. The summed E-state index contributed by atoms with van der Waals surface area (Å²) in [4.78, 5) is 18.8. The van der Waals surface area contributed by atoms with Crippen LogP contribution in [0.15, 0.2) is 52.1 Å². The summed E-state index contributed by atoms with van der Waals surface area (Å²) in [6.45, 7) is 2.72. The van der Waals surface area contributed by atoms with Crippen LogP contribution in [-0.2, 0) is 13.1 Å². The zero-order valence-electron chi connectivity index (χ0n) is 14.4. The molecule has 2 aromatic rings. The minimum Gasteiger partial charge on any atom is -0.467 e. The van der Waals surface area contributed by atoms with Gasteiger partial charge in [-0.15, -0.1) is 24.0 Å². The molecular weight excluding hydrogens is 463 g/mol. The Morgan fingerprint density at radius 3 is 2.81 bits per heavy atom. The number of carbonyl (C=O) groups is 1. The zero-order valence-corrected chi connectivity index (χ0v) is 17.5. The lowest BCUT2D eigenvalue weighted by molar-refractivity contribution is 0.0948. The van der Waals surface area contributed by atoms with Crippen LogP contribution in [0.5, 0.6) is 0 Å². The first kappa shape index (κ1) is 20.6. The Hall–Kier alpha value is -1.68. The van der Waals surface area contributed by atoms with Crippen molar-refractivity contribution in [3.05, 3.63) is 59.5 Å². The second-order valence-corrected chi connectivity index (χ2v) is 6.96. The number of guanidine groups is 1. The number of amides is 1. The summed E-state index contributed by atoms with van der Waals surface area (Å²) in [6.07, 6.45) is 1.59. The van der Waals surface area contributed by atoms with E-state index in [-0.39, 0.29) is 29.9 Å². The maximum Gasteiger partial charge on any atom is 0.251 e. The molecule has 6 nitrogen and oxygen atoms in total. The van der Waals surface area contributed by atoms with Gasteiger partial charge >= 0.3 is 0 Å². The summed E-state index contributed by atoms with van der Waals surface area (Å²) in [5.74, 6) is 3.33. The summed E-state index contributed by atoms with van der Waals surface area (Å²) in [7, 11) is 0. The molecule has 1 aliphatic rings. The monoisotopic (exact) mass is 486 g/mol. The smallest absolute Gasteiger partial charge is 0.251 e. The predicted octanol–water partition coefficient (Wildman–Crippen LogP) is 2.69. The van der Waals surface area contributed by atoms with Crippen molar-refractivity contribution in [1.29, 1.82) is 0 Å². The third-order valence-electron chi connectivity index (χ3n) is 3.95. The van der Waals surface area contributed by atoms with Gasteiger partial charge in [-0.25, -0.2) is 4.99 Å². The van der Waals surface area contributed by atoms with Gasteiger partial charge in [0.1, 0.15) is 5.76 Å². The lowest BCUT2D eigenvalue weighted by atomic mass is 10.1. The van der Waals surface area contributed by atoms with Gasteiger partial charge in [-0.1, -0.05) is 12.1 Å². The molecule has 3 rings (SSSR count). The van der Waals surface area contributed by atoms with Gasteiger partial charge in [-0.2, -0.15) is 11.8 Å². The fraction of sp³-hybridized carbons (Fsp3) is 0.333. The SMILES string of the molecule is I.NC(=NCc1cccc(C(=O)NCc2ccco2)c1)N1CCSCC1. The number of thioether (sulfide) groups is 1. The van der Waals surface area contributed by atoms with Crippen molar-refractivity contribution < 1.29 is 9.21 Å². The van der Waals surface area contributed by atoms with Gasteiger partial charge in [-0.3, -0.25) is 4.79 Å². The lowest BCUT2D eigenvalue weighted by Gasteiger charge is -2.27. The van der Waals surface area contributed by atoms with Crippen molar-refractivity contribution in [3.8, 4) is 0 Å². The van der Waals surface area contributed by atoms with Gasteiger partial charge in [0.25, 0.3) is 5.91 Å². The van der Waals surface area contributed by atoms with Crippen molar-refractivity contribution in [1.82, 2.24) is 10.2 Å². The van der Waals surface area contributed by atoms with Crippen molar-refractivity contribution in [2.45, 2.75) is 13.1 Å². The first-order valence-electron chi connectivity index (χ1n) is 8.24. The normalized spacial score (nSPS) is 14.6. The number of furan rings is 1.